The van der Waals surface area contributed by atoms with Crippen molar-refractivity contribution < 1.29 is 4.79 Å². The molecule has 1 fully saturated rings. The fourth-order valence-corrected chi connectivity index (χ4v) is 2.34. The van der Waals surface area contributed by atoms with Gasteiger partial charge in [-0.1, -0.05) is 20.8 Å². The quantitative estimate of drug-likeness (QED) is 0.829. The predicted molar refractivity (Wildman–Crippen MR) is 79.2 cm³/mol. The van der Waals surface area contributed by atoms with Crippen LogP contribution < -0.4 is 10.6 Å². The predicted octanol–water partition coefficient (Wildman–Crippen LogP) is 2.88. The average molecular weight is 277 g/mol. The van der Waals surface area contributed by atoms with E-state index < -0.39 is 0 Å². The van der Waals surface area contributed by atoms with Crippen LogP contribution in [0, 0.1) is 5.41 Å². The maximum Gasteiger partial charge on any atom is 0.220 e. The summed E-state index contributed by atoms with van der Waals surface area (Å²) in [5.74, 6) is 0.230. The molecule has 1 saturated heterocycles. The van der Waals surface area contributed by atoms with E-state index in [-0.39, 0.29) is 18.3 Å². The van der Waals surface area contributed by atoms with Gasteiger partial charge in [-0.2, -0.15) is 0 Å². The SMILES string of the molecule is CC1CC(NC(=O)CCCC(C)(C)C)CCN1.Cl. The summed E-state index contributed by atoms with van der Waals surface area (Å²) in [4.78, 5) is 11.8. The Hall–Kier alpha value is -0.280. The van der Waals surface area contributed by atoms with Crippen molar-refractivity contribution in [3.63, 3.8) is 0 Å². The fraction of sp³-hybridized carbons (Fsp3) is 0.929. The van der Waals surface area contributed by atoms with Gasteiger partial charge >= 0.3 is 0 Å². The molecule has 0 bridgehead atoms. The third-order valence-corrected chi connectivity index (χ3v) is 3.32. The molecule has 1 aliphatic heterocycles. The van der Waals surface area contributed by atoms with Gasteiger partial charge in [0, 0.05) is 18.5 Å². The molecule has 0 radical (unpaired) electrons. The van der Waals surface area contributed by atoms with Gasteiger partial charge in [-0.05, 0) is 44.6 Å². The molecule has 1 rings (SSSR count). The highest BCUT2D eigenvalue weighted by molar-refractivity contribution is 5.85. The Labute approximate surface area is 118 Å². The van der Waals surface area contributed by atoms with Crippen LogP contribution in [0.3, 0.4) is 0 Å². The number of amides is 1. The number of carbonyl (C=O) groups is 1. The Kier molecular flexibility index (Phi) is 7.88. The van der Waals surface area contributed by atoms with E-state index in [0.717, 1.165) is 32.2 Å². The zero-order chi connectivity index (χ0) is 12.9. The lowest BCUT2D eigenvalue weighted by Gasteiger charge is -2.28. The van der Waals surface area contributed by atoms with Gasteiger partial charge < -0.3 is 10.6 Å². The molecule has 108 valence electrons. The smallest absolute Gasteiger partial charge is 0.220 e. The number of carbonyl (C=O) groups excluding carboxylic acids is 1. The molecular weight excluding hydrogens is 248 g/mol. The Bertz CT molecular complexity index is 251. The van der Waals surface area contributed by atoms with Crippen molar-refractivity contribution in [2.75, 3.05) is 6.54 Å². The molecule has 1 heterocycles. The zero-order valence-electron chi connectivity index (χ0n) is 12.2. The monoisotopic (exact) mass is 276 g/mol. The van der Waals surface area contributed by atoms with Gasteiger partial charge in [-0.15, -0.1) is 12.4 Å². The molecule has 2 atom stereocenters. The summed E-state index contributed by atoms with van der Waals surface area (Å²) in [7, 11) is 0. The fourth-order valence-electron chi connectivity index (χ4n) is 2.34. The molecule has 2 N–H and O–H groups in total. The highest BCUT2D eigenvalue weighted by Gasteiger charge is 2.19. The molecule has 2 unspecified atom stereocenters. The van der Waals surface area contributed by atoms with Crippen LogP contribution in [0.25, 0.3) is 0 Å². The number of hydrogen-bond donors (Lipinski definition) is 2. The Morgan fingerprint density at radius 1 is 1.39 bits per heavy atom. The summed E-state index contributed by atoms with van der Waals surface area (Å²) < 4.78 is 0. The van der Waals surface area contributed by atoms with Gasteiger partial charge in [0.15, 0.2) is 0 Å². The molecule has 1 amide bonds. The van der Waals surface area contributed by atoms with Crippen molar-refractivity contribution in [3.05, 3.63) is 0 Å². The molecule has 0 aromatic heterocycles. The minimum atomic E-state index is 0. The van der Waals surface area contributed by atoms with Gasteiger partial charge in [0.05, 0.1) is 0 Å². The van der Waals surface area contributed by atoms with Gasteiger partial charge in [0.25, 0.3) is 0 Å². The number of nitrogens with one attached hydrogen (secondary N) is 2. The van der Waals surface area contributed by atoms with E-state index in [1.54, 1.807) is 0 Å². The van der Waals surface area contributed by atoms with E-state index in [2.05, 4.69) is 38.3 Å². The summed E-state index contributed by atoms with van der Waals surface area (Å²) in [6.45, 7) is 9.87. The third kappa shape index (κ3) is 7.93. The molecule has 3 nitrogen and oxygen atoms in total. The second kappa shape index (κ2) is 8.00. The van der Waals surface area contributed by atoms with Crippen molar-refractivity contribution in [2.24, 2.45) is 5.41 Å². The van der Waals surface area contributed by atoms with Gasteiger partial charge in [0.2, 0.25) is 5.91 Å². The van der Waals surface area contributed by atoms with E-state index >= 15 is 0 Å². The van der Waals surface area contributed by atoms with Crippen LogP contribution in [0.15, 0.2) is 0 Å². The number of piperidine rings is 1. The van der Waals surface area contributed by atoms with Crippen LogP contribution in [-0.2, 0) is 4.79 Å². The van der Waals surface area contributed by atoms with E-state index in [9.17, 15) is 4.79 Å². The minimum absolute atomic E-state index is 0. The van der Waals surface area contributed by atoms with E-state index in [4.69, 9.17) is 0 Å². The Morgan fingerprint density at radius 2 is 2.06 bits per heavy atom. The number of halogens is 1. The first-order chi connectivity index (χ1) is 7.87. The van der Waals surface area contributed by atoms with Gasteiger partial charge in [0.1, 0.15) is 0 Å². The summed E-state index contributed by atoms with van der Waals surface area (Å²) in [6, 6.07) is 0.914. The first kappa shape index (κ1) is 17.7. The maximum absolute atomic E-state index is 11.8. The molecule has 0 aromatic carbocycles. The van der Waals surface area contributed by atoms with Crippen LogP contribution in [0.1, 0.15) is 59.8 Å². The lowest BCUT2D eigenvalue weighted by Crippen LogP contribution is -2.46. The maximum atomic E-state index is 11.8. The molecule has 0 aliphatic carbocycles. The third-order valence-electron chi connectivity index (χ3n) is 3.32. The zero-order valence-corrected chi connectivity index (χ0v) is 13.0. The van der Waals surface area contributed by atoms with Crippen molar-refractivity contribution in [3.8, 4) is 0 Å². The Morgan fingerprint density at radius 3 is 2.61 bits per heavy atom. The van der Waals surface area contributed by atoms with E-state index in [1.807, 2.05) is 0 Å². The largest absolute Gasteiger partial charge is 0.353 e. The molecular formula is C14H29ClN2O. The topological polar surface area (TPSA) is 41.1 Å². The molecule has 4 heteroatoms. The Balaban J connectivity index is 0.00000289. The highest BCUT2D eigenvalue weighted by atomic mass is 35.5. The van der Waals surface area contributed by atoms with Crippen LogP contribution >= 0.6 is 12.4 Å². The van der Waals surface area contributed by atoms with Gasteiger partial charge in [-0.3, -0.25) is 4.79 Å². The van der Waals surface area contributed by atoms with E-state index in [1.165, 1.54) is 0 Å². The minimum Gasteiger partial charge on any atom is -0.353 e. The first-order valence-electron chi connectivity index (χ1n) is 6.89. The second-order valence-electron chi connectivity index (χ2n) is 6.56. The van der Waals surface area contributed by atoms with Crippen LogP contribution in [0.2, 0.25) is 0 Å². The van der Waals surface area contributed by atoms with Gasteiger partial charge in [-0.25, -0.2) is 0 Å². The average Bonchev–Trinajstić information content (AvgIpc) is 2.15. The number of rotatable bonds is 4. The summed E-state index contributed by atoms with van der Waals surface area (Å²) in [5.41, 5.74) is 0.337. The summed E-state index contributed by atoms with van der Waals surface area (Å²) in [6.07, 6.45) is 4.91. The standard InChI is InChI=1S/C14H28N2O.ClH/c1-11-10-12(7-9-15-11)16-13(17)6-5-8-14(2,3)4;/h11-12,15H,5-10H2,1-4H3,(H,16,17);1H. The van der Waals surface area contributed by atoms with Crippen LogP contribution in [0.4, 0.5) is 0 Å². The summed E-state index contributed by atoms with van der Waals surface area (Å²) in [5, 5.41) is 6.55. The van der Waals surface area contributed by atoms with Crippen LogP contribution in [-0.4, -0.2) is 24.5 Å². The molecule has 1 aliphatic rings. The molecule has 0 aromatic rings. The molecule has 0 saturated carbocycles. The molecule has 0 spiro atoms. The van der Waals surface area contributed by atoms with Crippen LogP contribution in [0.5, 0.6) is 0 Å². The highest BCUT2D eigenvalue weighted by Crippen LogP contribution is 2.21. The van der Waals surface area contributed by atoms with Crippen molar-refractivity contribution in [2.45, 2.75) is 71.9 Å². The lowest BCUT2D eigenvalue weighted by atomic mass is 9.90. The second-order valence-corrected chi connectivity index (χ2v) is 6.56. The number of hydrogen-bond acceptors (Lipinski definition) is 2. The lowest BCUT2D eigenvalue weighted by molar-refractivity contribution is -0.122. The normalized spacial score (nSPS) is 24.2. The summed E-state index contributed by atoms with van der Waals surface area (Å²) >= 11 is 0. The van der Waals surface area contributed by atoms with Crippen molar-refractivity contribution >= 4 is 18.3 Å². The molecule has 18 heavy (non-hydrogen) atoms. The van der Waals surface area contributed by atoms with Crippen molar-refractivity contribution in [1.82, 2.24) is 10.6 Å². The first-order valence-corrected chi connectivity index (χ1v) is 6.89. The van der Waals surface area contributed by atoms with Crippen molar-refractivity contribution in [1.29, 1.82) is 0 Å². The van der Waals surface area contributed by atoms with E-state index in [0.29, 0.717) is 23.9 Å².